The molecule has 0 spiro atoms. The van der Waals surface area contributed by atoms with Crippen molar-refractivity contribution >= 4 is 32.3 Å². The Bertz CT molecular complexity index is 1010. The van der Waals surface area contributed by atoms with Crippen LogP contribution < -0.4 is 29.6 Å². The number of nitrogens with zero attached hydrogens (tertiary/aromatic N) is 2. The number of hydrogen-bond donors (Lipinski definition) is 2. The molecular formula is C16H13N2NaO4S. The van der Waals surface area contributed by atoms with E-state index in [1.54, 1.807) is 6.07 Å². The Hall–Kier alpha value is -1.77. The minimum Gasteiger partial charge on any atom is -1.00 e. The third-order valence-electron chi connectivity index (χ3n) is 3.28. The van der Waals surface area contributed by atoms with Gasteiger partial charge in [0.25, 0.3) is 10.1 Å². The minimum atomic E-state index is -4.23. The van der Waals surface area contributed by atoms with Crippen LogP contribution in [0.2, 0.25) is 0 Å². The van der Waals surface area contributed by atoms with Gasteiger partial charge in [-0.15, -0.1) is 5.11 Å². The fourth-order valence-corrected chi connectivity index (χ4v) is 2.62. The van der Waals surface area contributed by atoms with Crippen LogP contribution in [0.5, 0.6) is 5.75 Å². The molecule has 0 bridgehead atoms. The molecule has 6 nitrogen and oxygen atoms in total. The maximum atomic E-state index is 11.0. The van der Waals surface area contributed by atoms with Gasteiger partial charge in [-0.05, 0) is 35.7 Å². The van der Waals surface area contributed by atoms with Crippen molar-refractivity contribution in [2.45, 2.75) is 4.90 Å². The third-order valence-corrected chi connectivity index (χ3v) is 4.15. The van der Waals surface area contributed by atoms with Gasteiger partial charge < -0.3 is 6.53 Å². The molecule has 2 N–H and O–H groups in total. The van der Waals surface area contributed by atoms with E-state index in [0.717, 1.165) is 10.8 Å². The zero-order valence-corrected chi connectivity index (χ0v) is 15.6. The van der Waals surface area contributed by atoms with Crippen LogP contribution in [-0.2, 0) is 10.1 Å². The molecule has 0 atom stereocenters. The Balaban J connectivity index is 0.00000156. The molecule has 0 fully saturated rings. The molecule has 0 radical (unpaired) electrons. The van der Waals surface area contributed by atoms with Crippen LogP contribution >= 0.6 is 0 Å². The van der Waals surface area contributed by atoms with E-state index in [-0.39, 0.29) is 41.6 Å². The zero-order valence-electron chi connectivity index (χ0n) is 13.8. The first-order valence-electron chi connectivity index (χ1n) is 6.65. The van der Waals surface area contributed by atoms with Gasteiger partial charge in [-0.1, -0.05) is 30.3 Å². The standard InChI is InChI=1S/C16H12N2O4S.Na.H/c19-15-10-5-11-3-1-2-4-14(11)16(15)18-17-12-6-8-13(9-7-12)23(20,21)22;;/h1-10,19H,(H,20,21,22);;/q;+1;-1. The van der Waals surface area contributed by atoms with Crippen LogP contribution in [0.1, 0.15) is 1.43 Å². The van der Waals surface area contributed by atoms with Crippen LogP contribution in [0.3, 0.4) is 0 Å². The summed E-state index contributed by atoms with van der Waals surface area (Å²) in [5, 5.41) is 19.7. The normalized spacial score (nSPS) is 11.5. The van der Waals surface area contributed by atoms with E-state index in [0.29, 0.717) is 11.4 Å². The summed E-state index contributed by atoms with van der Waals surface area (Å²) in [5.74, 6) is 0.00186. The van der Waals surface area contributed by atoms with Crippen molar-refractivity contribution in [3.63, 3.8) is 0 Å². The Morgan fingerprint density at radius 3 is 2.21 bits per heavy atom. The van der Waals surface area contributed by atoms with Crippen LogP contribution in [0.4, 0.5) is 11.4 Å². The van der Waals surface area contributed by atoms with E-state index in [1.165, 1.54) is 30.3 Å². The SMILES string of the molecule is O=S(=O)(O)c1ccc(N=Nc2c(O)ccc3ccccc23)cc1.[H-].[Na+]. The molecule has 3 aromatic rings. The zero-order chi connectivity index (χ0) is 16.4. The summed E-state index contributed by atoms with van der Waals surface area (Å²) >= 11 is 0. The van der Waals surface area contributed by atoms with Crippen molar-refractivity contribution in [2.24, 2.45) is 10.2 Å². The largest absolute Gasteiger partial charge is 1.00 e. The first-order valence-corrected chi connectivity index (χ1v) is 8.09. The van der Waals surface area contributed by atoms with E-state index < -0.39 is 10.1 Å². The molecule has 118 valence electrons. The molecule has 0 aliphatic heterocycles. The quantitative estimate of drug-likeness (QED) is 0.422. The van der Waals surface area contributed by atoms with Crippen LogP contribution in [-0.4, -0.2) is 18.1 Å². The Morgan fingerprint density at radius 1 is 0.875 bits per heavy atom. The number of hydrogen-bond acceptors (Lipinski definition) is 5. The predicted octanol–water partition coefficient (Wildman–Crippen LogP) is 1.32. The minimum absolute atomic E-state index is 0. The summed E-state index contributed by atoms with van der Waals surface area (Å²) in [6, 6.07) is 16.0. The summed E-state index contributed by atoms with van der Waals surface area (Å²) < 4.78 is 30.9. The summed E-state index contributed by atoms with van der Waals surface area (Å²) in [6.07, 6.45) is 0. The average Bonchev–Trinajstić information content (AvgIpc) is 2.53. The monoisotopic (exact) mass is 352 g/mol. The molecule has 0 aliphatic rings. The molecule has 0 aliphatic carbocycles. The van der Waals surface area contributed by atoms with E-state index in [2.05, 4.69) is 10.2 Å². The van der Waals surface area contributed by atoms with E-state index in [1.807, 2.05) is 24.3 Å². The second kappa shape index (κ2) is 7.42. The van der Waals surface area contributed by atoms with Crippen LogP contribution in [0, 0.1) is 0 Å². The van der Waals surface area contributed by atoms with Crippen molar-refractivity contribution in [1.82, 2.24) is 0 Å². The first-order chi connectivity index (χ1) is 10.9. The molecule has 0 saturated heterocycles. The van der Waals surface area contributed by atoms with Crippen LogP contribution in [0.15, 0.2) is 75.8 Å². The number of phenols is 1. The number of benzene rings is 3. The first kappa shape index (κ1) is 18.6. The van der Waals surface area contributed by atoms with Gasteiger partial charge in [-0.2, -0.15) is 13.5 Å². The van der Waals surface area contributed by atoms with Crippen LogP contribution in [0.25, 0.3) is 10.8 Å². The maximum Gasteiger partial charge on any atom is 1.00 e. The molecule has 0 saturated carbocycles. The molecule has 3 rings (SSSR count). The second-order valence-corrected chi connectivity index (χ2v) is 6.24. The van der Waals surface area contributed by atoms with Crippen molar-refractivity contribution in [2.75, 3.05) is 0 Å². The molecular weight excluding hydrogens is 339 g/mol. The smallest absolute Gasteiger partial charge is 1.00 e. The third kappa shape index (κ3) is 4.00. The van der Waals surface area contributed by atoms with Gasteiger partial charge in [0.05, 0.1) is 10.6 Å². The van der Waals surface area contributed by atoms with Crippen molar-refractivity contribution in [3.8, 4) is 5.75 Å². The molecule has 8 heteroatoms. The molecule has 24 heavy (non-hydrogen) atoms. The molecule has 0 aromatic heterocycles. The molecule has 0 heterocycles. The van der Waals surface area contributed by atoms with E-state index in [4.69, 9.17) is 4.55 Å². The number of aromatic hydroxyl groups is 1. The van der Waals surface area contributed by atoms with Crippen molar-refractivity contribution in [3.05, 3.63) is 60.7 Å². The fraction of sp³-hybridized carbons (Fsp3) is 0. The summed E-state index contributed by atoms with van der Waals surface area (Å²) in [7, 11) is -4.23. The van der Waals surface area contributed by atoms with Gasteiger partial charge in [0, 0.05) is 5.39 Å². The Labute approximate surface area is 162 Å². The molecule has 0 amide bonds. The predicted molar refractivity (Wildman–Crippen MR) is 87.2 cm³/mol. The Morgan fingerprint density at radius 2 is 1.54 bits per heavy atom. The maximum absolute atomic E-state index is 11.0. The van der Waals surface area contributed by atoms with Gasteiger partial charge in [-0.25, -0.2) is 0 Å². The number of azo groups is 1. The molecule has 3 aromatic carbocycles. The van der Waals surface area contributed by atoms with Crippen molar-refractivity contribution < 1.29 is 49.1 Å². The summed E-state index contributed by atoms with van der Waals surface area (Å²) in [5.41, 5.74) is 0.728. The fourth-order valence-electron chi connectivity index (χ4n) is 2.14. The van der Waals surface area contributed by atoms with E-state index in [9.17, 15) is 13.5 Å². The molecule has 0 unspecified atom stereocenters. The van der Waals surface area contributed by atoms with Gasteiger partial charge in [-0.3, -0.25) is 4.55 Å². The summed E-state index contributed by atoms with van der Waals surface area (Å²) in [4.78, 5) is -0.218. The second-order valence-electron chi connectivity index (χ2n) is 4.82. The van der Waals surface area contributed by atoms with Gasteiger partial charge in [0.1, 0.15) is 11.4 Å². The summed E-state index contributed by atoms with van der Waals surface area (Å²) in [6.45, 7) is 0. The average molecular weight is 352 g/mol. The van der Waals surface area contributed by atoms with Crippen molar-refractivity contribution in [1.29, 1.82) is 0 Å². The van der Waals surface area contributed by atoms with Gasteiger partial charge in [0.15, 0.2) is 0 Å². The van der Waals surface area contributed by atoms with Gasteiger partial charge in [0.2, 0.25) is 0 Å². The Kier molecular flexibility index (Phi) is 5.74. The van der Waals surface area contributed by atoms with E-state index >= 15 is 0 Å². The van der Waals surface area contributed by atoms with Gasteiger partial charge >= 0.3 is 29.6 Å². The number of fused-ring (bicyclic) bond motifs is 1. The number of phenolic OH excluding ortho intramolecular Hbond substituents is 1. The number of rotatable bonds is 3. The topological polar surface area (TPSA) is 99.3 Å².